The van der Waals surface area contributed by atoms with Crippen molar-refractivity contribution >= 4 is 28.7 Å². The first kappa shape index (κ1) is 18.0. The fourth-order valence-corrected chi connectivity index (χ4v) is 2.99. The number of amides is 3. The van der Waals surface area contributed by atoms with Gasteiger partial charge in [0, 0.05) is 25.2 Å². The molecule has 2 aromatic carbocycles. The highest BCUT2D eigenvalue weighted by molar-refractivity contribution is 5.94. The molecule has 0 spiro atoms. The summed E-state index contributed by atoms with van der Waals surface area (Å²) in [6, 6.07) is 15.1. The molecule has 3 aromatic rings. The van der Waals surface area contributed by atoms with Crippen LogP contribution >= 0.6 is 0 Å². The molecule has 1 fully saturated rings. The number of aromatic nitrogens is 2. The van der Waals surface area contributed by atoms with Crippen LogP contribution < -0.4 is 10.6 Å². The molecule has 0 saturated heterocycles. The van der Waals surface area contributed by atoms with Crippen molar-refractivity contribution in [2.45, 2.75) is 25.9 Å². The van der Waals surface area contributed by atoms with E-state index in [9.17, 15) is 9.59 Å². The van der Waals surface area contributed by atoms with Crippen molar-refractivity contribution < 1.29 is 9.59 Å². The molecule has 3 amide bonds. The van der Waals surface area contributed by atoms with Gasteiger partial charge in [-0.25, -0.2) is 9.78 Å². The number of nitrogens with zero attached hydrogens (tertiary/aromatic N) is 2. The molecular formula is C21H23N5O2. The van der Waals surface area contributed by atoms with Gasteiger partial charge in [-0.3, -0.25) is 4.79 Å². The predicted molar refractivity (Wildman–Crippen MR) is 108 cm³/mol. The van der Waals surface area contributed by atoms with Crippen molar-refractivity contribution in [2.75, 3.05) is 12.4 Å². The number of carbonyl (C=O) groups excluding carboxylic acids is 2. The third-order valence-electron chi connectivity index (χ3n) is 4.79. The minimum Gasteiger partial charge on any atom is -0.340 e. The number of benzene rings is 2. The number of H-pyrrole nitrogens is 1. The average molecular weight is 377 g/mol. The standard InChI is InChI=1S/C21H23N5O2/c1-26(13-19-24-17-4-2-3-5-18(17)25-19)21(28)22-12-14-6-10-16(11-7-14)23-20(27)15-8-9-15/h2-7,10-11,15H,8-9,12-13H2,1H3,(H,22,28)(H,23,27)(H,24,25). The second-order valence-corrected chi connectivity index (χ2v) is 7.18. The first-order chi connectivity index (χ1) is 13.6. The highest BCUT2D eigenvalue weighted by atomic mass is 16.2. The van der Waals surface area contributed by atoms with E-state index >= 15 is 0 Å². The molecule has 3 N–H and O–H groups in total. The molecule has 28 heavy (non-hydrogen) atoms. The summed E-state index contributed by atoms with van der Waals surface area (Å²) in [5.74, 6) is 1.02. The van der Waals surface area contributed by atoms with Gasteiger partial charge in [0.15, 0.2) is 0 Å². The number of hydrogen-bond acceptors (Lipinski definition) is 3. The van der Waals surface area contributed by atoms with E-state index in [0.29, 0.717) is 13.1 Å². The highest BCUT2D eigenvalue weighted by Gasteiger charge is 2.29. The van der Waals surface area contributed by atoms with Crippen LogP contribution in [0.1, 0.15) is 24.2 Å². The van der Waals surface area contributed by atoms with Crippen LogP contribution in [0.4, 0.5) is 10.5 Å². The zero-order valence-corrected chi connectivity index (χ0v) is 15.7. The maximum atomic E-state index is 12.3. The van der Waals surface area contributed by atoms with E-state index in [-0.39, 0.29) is 17.9 Å². The van der Waals surface area contributed by atoms with E-state index in [1.54, 1.807) is 11.9 Å². The molecule has 7 nitrogen and oxygen atoms in total. The van der Waals surface area contributed by atoms with Crippen molar-refractivity contribution in [3.8, 4) is 0 Å². The summed E-state index contributed by atoms with van der Waals surface area (Å²) in [6.45, 7) is 0.812. The van der Waals surface area contributed by atoms with E-state index in [2.05, 4.69) is 20.6 Å². The Kier molecular flexibility index (Phi) is 4.97. The SMILES string of the molecule is CN(Cc1nc2ccccc2[nH]1)C(=O)NCc1ccc(NC(=O)C2CC2)cc1. The van der Waals surface area contributed by atoms with Crippen molar-refractivity contribution in [3.05, 3.63) is 59.9 Å². The van der Waals surface area contributed by atoms with Crippen LogP contribution in [-0.4, -0.2) is 33.9 Å². The molecule has 1 aromatic heterocycles. The largest absolute Gasteiger partial charge is 0.340 e. The first-order valence-corrected chi connectivity index (χ1v) is 9.41. The summed E-state index contributed by atoms with van der Waals surface area (Å²) < 4.78 is 0. The molecule has 4 rings (SSSR count). The Hall–Kier alpha value is -3.35. The summed E-state index contributed by atoms with van der Waals surface area (Å²) >= 11 is 0. The second-order valence-electron chi connectivity index (χ2n) is 7.18. The Morgan fingerprint density at radius 3 is 2.61 bits per heavy atom. The van der Waals surface area contributed by atoms with Gasteiger partial charge in [0.2, 0.25) is 5.91 Å². The Bertz CT molecular complexity index is 958. The molecule has 144 valence electrons. The van der Waals surface area contributed by atoms with Crippen LogP contribution in [0.3, 0.4) is 0 Å². The molecule has 1 heterocycles. The van der Waals surface area contributed by atoms with Crippen LogP contribution in [0.15, 0.2) is 48.5 Å². The van der Waals surface area contributed by atoms with Gasteiger partial charge in [0.1, 0.15) is 5.82 Å². The van der Waals surface area contributed by atoms with E-state index < -0.39 is 0 Å². The first-order valence-electron chi connectivity index (χ1n) is 9.41. The third-order valence-corrected chi connectivity index (χ3v) is 4.79. The highest BCUT2D eigenvalue weighted by Crippen LogP contribution is 2.30. The van der Waals surface area contributed by atoms with Crippen LogP contribution in [0, 0.1) is 5.92 Å². The molecule has 1 aliphatic carbocycles. The molecule has 1 aliphatic rings. The number of anilines is 1. The molecule has 0 radical (unpaired) electrons. The molecule has 0 aliphatic heterocycles. The van der Waals surface area contributed by atoms with Crippen molar-refractivity contribution in [1.29, 1.82) is 0 Å². The summed E-state index contributed by atoms with van der Waals surface area (Å²) in [4.78, 5) is 33.4. The summed E-state index contributed by atoms with van der Waals surface area (Å²) in [5.41, 5.74) is 3.60. The molecule has 1 saturated carbocycles. The van der Waals surface area contributed by atoms with Gasteiger partial charge >= 0.3 is 6.03 Å². The van der Waals surface area contributed by atoms with Crippen molar-refractivity contribution in [3.63, 3.8) is 0 Å². The maximum Gasteiger partial charge on any atom is 0.317 e. The number of para-hydroxylation sites is 2. The summed E-state index contributed by atoms with van der Waals surface area (Å²) in [6.07, 6.45) is 1.97. The fourth-order valence-electron chi connectivity index (χ4n) is 2.99. The molecule has 0 atom stereocenters. The number of nitrogens with one attached hydrogen (secondary N) is 3. The number of aromatic amines is 1. The van der Waals surface area contributed by atoms with Crippen LogP contribution in [0.5, 0.6) is 0 Å². The number of carbonyl (C=O) groups is 2. The normalized spacial score (nSPS) is 13.3. The van der Waals surface area contributed by atoms with E-state index in [1.807, 2.05) is 48.5 Å². The predicted octanol–water partition coefficient (Wildman–Crippen LogP) is 3.25. The minimum atomic E-state index is -0.174. The zero-order chi connectivity index (χ0) is 19.5. The minimum absolute atomic E-state index is 0.0910. The van der Waals surface area contributed by atoms with Gasteiger partial charge in [0.25, 0.3) is 0 Å². The zero-order valence-electron chi connectivity index (χ0n) is 15.7. The van der Waals surface area contributed by atoms with Crippen LogP contribution in [-0.2, 0) is 17.9 Å². The fraction of sp³-hybridized carbons (Fsp3) is 0.286. The Morgan fingerprint density at radius 1 is 1.14 bits per heavy atom. The third kappa shape index (κ3) is 4.31. The second kappa shape index (κ2) is 7.72. The van der Waals surface area contributed by atoms with Gasteiger partial charge in [-0.15, -0.1) is 0 Å². The quantitative estimate of drug-likeness (QED) is 0.616. The van der Waals surface area contributed by atoms with Gasteiger partial charge < -0.3 is 20.5 Å². The molecule has 0 unspecified atom stereocenters. The van der Waals surface area contributed by atoms with Gasteiger partial charge in [0.05, 0.1) is 17.6 Å². The van der Waals surface area contributed by atoms with E-state index in [1.165, 1.54) is 0 Å². The number of fused-ring (bicyclic) bond motifs is 1. The number of hydrogen-bond donors (Lipinski definition) is 3. The lowest BCUT2D eigenvalue weighted by atomic mass is 10.2. The van der Waals surface area contributed by atoms with Crippen LogP contribution in [0.25, 0.3) is 11.0 Å². The lowest BCUT2D eigenvalue weighted by Gasteiger charge is -2.16. The van der Waals surface area contributed by atoms with Crippen molar-refractivity contribution in [2.24, 2.45) is 5.92 Å². The average Bonchev–Trinajstić information content (AvgIpc) is 3.47. The smallest absolute Gasteiger partial charge is 0.317 e. The van der Waals surface area contributed by atoms with Crippen molar-refractivity contribution in [1.82, 2.24) is 20.2 Å². The van der Waals surface area contributed by atoms with Gasteiger partial charge in [-0.1, -0.05) is 24.3 Å². The Labute approximate surface area is 163 Å². The van der Waals surface area contributed by atoms with E-state index in [0.717, 1.165) is 41.0 Å². The summed E-state index contributed by atoms with van der Waals surface area (Å²) in [7, 11) is 1.74. The number of urea groups is 1. The van der Waals surface area contributed by atoms with Gasteiger partial charge in [-0.2, -0.15) is 0 Å². The maximum absolute atomic E-state index is 12.3. The Morgan fingerprint density at radius 2 is 1.89 bits per heavy atom. The lowest BCUT2D eigenvalue weighted by molar-refractivity contribution is -0.117. The van der Waals surface area contributed by atoms with Crippen LogP contribution in [0.2, 0.25) is 0 Å². The topological polar surface area (TPSA) is 90.1 Å². The van der Waals surface area contributed by atoms with Gasteiger partial charge in [-0.05, 0) is 42.7 Å². The monoisotopic (exact) mass is 377 g/mol. The number of rotatable bonds is 6. The number of imidazole rings is 1. The summed E-state index contributed by atoms with van der Waals surface area (Å²) in [5, 5.41) is 5.81. The lowest BCUT2D eigenvalue weighted by Crippen LogP contribution is -2.36. The molecule has 7 heteroatoms. The molecule has 0 bridgehead atoms. The van der Waals surface area contributed by atoms with E-state index in [4.69, 9.17) is 0 Å². The Balaban J connectivity index is 1.27. The molecular weight excluding hydrogens is 354 g/mol.